The van der Waals surface area contributed by atoms with E-state index in [4.69, 9.17) is 5.26 Å². The van der Waals surface area contributed by atoms with Crippen LogP contribution in [0.1, 0.15) is 18.9 Å². The molecule has 0 saturated carbocycles. The topological polar surface area (TPSA) is 79.0 Å². The van der Waals surface area contributed by atoms with Gasteiger partial charge in [0.2, 0.25) is 0 Å². The molecule has 0 amide bonds. The van der Waals surface area contributed by atoms with Crippen molar-refractivity contribution in [3.05, 3.63) is 33.9 Å². The zero-order chi connectivity index (χ0) is 14.6. The fourth-order valence-corrected chi connectivity index (χ4v) is 1.53. The molecule has 1 aromatic carbocycles. The van der Waals surface area contributed by atoms with Gasteiger partial charge in [-0.3, -0.25) is 10.1 Å². The Kier molecular flexibility index (Phi) is 4.32. The van der Waals surface area contributed by atoms with Crippen molar-refractivity contribution in [3.8, 4) is 6.07 Å². The first-order valence-electron chi connectivity index (χ1n) is 5.25. The molecule has 102 valence electrons. The minimum atomic E-state index is -4.32. The normalized spacial score (nSPS) is 12.6. The molecule has 0 heterocycles. The van der Waals surface area contributed by atoms with Crippen molar-refractivity contribution in [1.82, 2.24) is 0 Å². The highest BCUT2D eigenvalue weighted by Gasteiger charge is 2.30. The van der Waals surface area contributed by atoms with Crippen LogP contribution in [-0.2, 0) is 0 Å². The number of halogens is 3. The predicted octanol–water partition coefficient (Wildman–Crippen LogP) is 3.22. The number of hydrogen-bond donors (Lipinski definition) is 1. The van der Waals surface area contributed by atoms with E-state index >= 15 is 0 Å². The number of nitrogens with one attached hydrogen (secondary N) is 1. The first-order chi connectivity index (χ1) is 8.73. The lowest BCUT2D eigenvalue weighted by molar-refractivity contribution is -0.384. The monoisotopic (exact) mass is 273 g/mol. The molecule has 0 spiro atoms. The fraction of sp³-hybridized carbons (Fsp3) is 0.364. The van der Waals surface area contributed by atoms with E-state index in [-0.39, 0.29) is 16.9 Å². The highest BCUT2D eigenvalue weighted by atomic mass is 19.4. The van der Waals surface area contributed by atoms with Gasteiger partial charge in [0.1, 0.15) is 6.07 Å². The minimum absolute atomic E-state index is 0.0665. The molecule has 1 aromatic rings. The van der Waals surface area contributed by atoms with Crippen molar-refractivity contribution in [2.45, 2.75) is 25.6 Å². The number of nitrogens with zero attached hydrogens (tertiary/aromatic N) is 2. The molecular weight excluding hydrogens is 263 g/mol. The summed E-state index contributed by atoms with van der Waals surface area (Å²) in [6, 6.07) is 4.15. The highest BCUT2D eigenvalue weighted by molar-refractivity contribution is 5.61. The minimum Gasteiger partial charge on any atom is -0.381 e. The third kappa shape index (κ3) is 4.46. The fourth-order valence-electron chi connectivity index (χ4n) is 1.53. The lowest BCUT2D eigenvalue weighted by Gasteiger charge is -2.17. The third-order valence-corrected chi connectivity index (χ3v) is 2.27. The number of alkyl halides is 3. The van der Waals surface area contributed by atoms with Crippen LogP contribution in [0.3, 0.4) is 0 Å². The molecule has 0 aliphatic rings. The summed E-state index contributed by atoms with van der Waals surface area (Å²) >= 11 is 0. The summed E-state index contributed by atoms with van der Waals surface area (Å²) in [6.45, 7) is 1.32. The molecule has 0 bridgehead atoms. The molecule has 0 aliphatic carbocycles. The Labute approximate surface area is 106 Å². The van der Waals surface area contributed by atoms with Crippen LogP contribution in [0.25, 0.3) is 0 Å². The molecule has 0 aromatic heterocycles. The van der Waals surface area contributed by atoms with E-state index in [2.05, 4.69) is 5.32 Å². The number of non-ortho nitro benzene ring substituents is 1. The average molecular weight is 273 g/mol. The largest absolute Gasteiger partial charge is 0.391 e. The van der Waals surface area contributed by atoms with Crippen LogP contribution in [0.5, 0.6) is 0 Å². The molecule has 5 nitrogen and oxygen atoms in total. The van der Waals surface area contributed by atoms with Crippen molar-refractivity contribution in [2.24, 2.45) is 0 Å². The molecule has 1 unspecified atom stereocenters. The maximum absolute atomic E-state index is 12.2. The van der Waals surface area contributed by atoms with Gasteiger partial charge in [-0.05, 0) is 13.0 Å². The molecule has 0 saturated heterocycles. The van der Waals surface area contributed by atoms with Crippen molar-refractivity contribution >= 4 is 11.4 Å². The SMILES string of the molecule is CC(CC(F)(F)F)Nc1ccc([N+](=O)[O-])cc1C#N. The summed E-state index contributed by atoms with van der Waals surface area (Å²) in [7, 11) is 0. The van der Waals surface area contributed by atoms with E-state index < -0.39 is 23.6 Å². The van der Waals surface area contributed by atoms with Crippen LogP contribution in [0.15, 0.2) is 18.2 Å². The molecule has 0 fully saturated rings. The van der Waals surface area contributed by atoms with Gasteiger partial charge >= 0.3 is 6.18 Å². The van der Waals surface area contributed by atoms with Gasteiger partial charge in [-0.25, -0.2) is 0 Å². The van der Waals surface area contributed by atoms with Crippen LogP contribution in [-0.4, -0.2) is 17.1 Å². The maximum Gasteiger partial charge on any atom is 0.391 e. The van der Waals surface area contributed by atoms with Crippen LogP contribution >= 0.6 is 0 Å². The van der Waals surface area contributed by atoms with Gasteiger partial charge < -0.3 is 5.32 Å². The van der Waals surface area contributed by atoms with Crippen LogP contribution in [0, 0.1) is 21.4 Å². The van der Waals surface area contributed by atoms with Crippen LogP contribution in [0.4, 0.5) is 24.5 Å². The second-order valence-electron chi connectivity index (χ2n) is 3.96. The van der Waals surface area contributed by atoms with Gasteiger partial charge in [-0.2, -0.15) is 18.4 Å². The number of benzene rings is 1. The molecule has 0 radical (unpaired) electrons. The van der Waals surface area contributed by atoms with Crippen molar-refractivity contribution in [1.29, 1.82) is 5.26 Å². The molecular formula is C11H10F3N3O2. The molecule has 19 heavy (non-hydrogen) atoms. The highest BCUT2D eigenvalue weighted by Crippen LogP contribution is 2.26. The maximum atomic E-state index is 12.2. The molecule has 1 N–H and O–H groups in total. The van der Waals surface area contributed by atoms with E-state index in [1.54, 1.807) is 6.07 Å². The van der Waals surface area contributed by atoms with Gasteiger partial charge in [0.15, 0.2) is 0 Å². The molecule has 0 aliphatic heterocycles. The van der Waals surface area contributed by atoms with Crippen LogP contribution in [0.2, 0.25) is 0 Å². The first-order valence-corrected chi connectivity index (χ1v) is 5.25. The predicted molar refractivity (Wildman–Crippen MR) is 61.6 cm³/mol. The third-order valence-electron chi connectivity index (χ3n) is 2.27. The Balaban J connectivity index is 2.90. The van der Waals surface area contributed by atoms with E-state index in [1.165, 1.54) is 13.0 Å². The Hall–Kier alpha value is -2.30. The van der Waals surface area contributed by atoms with Gasteiger partial charge in [0.25, 0.3) is 5.69 Å². The first kappa shape index (κ1) is 14.8. The van der Waals surface area contributed by atoms with Crippen molar-refractivity contribution < 1.29 is 18.1 Å². The second kappa shape index (κ2) is 5.56. The van der Waals surface area contributed by atoms with Gasteiger partial charge in [0, 0.05) is 18.2 Å². The number of nitro benzene ring substituents is 1. The number of nitro groups is 1. The summed E-state index contributed by atoms with van der Waals surface area (Å²) in [6.07, 6.45) is -5.38. The van der Waals surface area contributed by atoms with Crippen molar-refractivity contribution in [3.63, 3.8) is 0 Å². The Morgan fingerprint density at radius 2 is 2.16 bits per heavy atom. The molecule has 1 rings (SSSR count). The summed E-state index contributed by atoms with van der Waals surface area (Å²) < 4.78 is 36.5. The zero-order valence-corrected chi connectivity index (χ0v) is 9.86. The zero-order valence-electron chi connectivity index (χ0n) is 9.86. The summed E-state index contributed by atoms with van der Waals surface area (Å²) in [5.74, 6) is 0. The van der Waals surface area contributed by atoms with E-state index in [0.717, 1.165) is 12.1 Å². The van der Waals surface area contributed by atoms with Gasteiger partial charge in [0.05, 0.1) is 22.6 Å². The molecule has 8 heteroatoms. The van der Waals surface area contributed by atoms with Crippen molar-refractivity contribution in [2.75, 3.05) is 5.32 Å². The quantitative estimate of drug-likeness (QED) is 0.674. The number of anilines is 1. The smallest absolute Gasteiger partial charge is 0.381 e. The van der Waals surface area contributed by atoms with E-state index in [9.17, 15) is 23.3 Å². The van der Waals surface area contributed by atoms with Crippen LogP contribution < -0.4 is 5.32 Å². The second-order valence-corrected chi connectivity index (χ2v) is 3.96. The standard InChI is InChI=1S/C11H10F3N3O2/c1-7(5-11(12,13)14)16-10-3-2-9(17(18)19)4-8(10)6-15/h2-4,7,16H,5H2,1H3. The lowest BCUT2D eigenvalue weighted by atomic mass is 10.1. The van der Waals surface area contributed by atoms with Gasteiger partial charge in [-0.15, -0.1) is 0 Å². The summed E-state index contributed by atoms with van der Waals surface area (Å²) in [4.78, 5) is 9.84. The Morgan fingerprint density at radius 3 is 2.63 bits per heavy atom. The van der Waals surface area contributed by atoms with E-state index in [0.29, 0.717) is 0 Å². The average Bonchev–Trinajstić information content (AvgIpc) is 2.26. The number of hydrogen-bond acceptors (Lipinski definition) is 4. The van der Waals surface area contributed by atoms with Gasteiger partial charge in [-0.1, -0.05) is 0 Å². The molecule has 1 atom stereocenters. The summed E-state index contributed by atoms with van der Waals surface area (Å²) in [5, 5.41) is 21.9. The Morgan fingerprint density at radius 1 is 1.53 bits per heavy atom. The summed E-state index contributed by atoms with van der Waals surface area (Å²) in [5.41, 5.74) is -0.210. The van der Waals surface area contributed by atoms with E-state index in [1.807, 2.05) is 0 Å². The number of nitriles is 1. The lowest BCUT2D eigenvalue weighted by Crippen LogP contribution is -2.24. The Bertz CT molecular complexity index is 523. The number of rotatable bonds is 4.